The summed E-state index contributed by atoms with van der Waals surface area (Å²) in [4.78, 5) is 26.4. The highest BCUT2D eigenvalue weighted by atomic mass is 16.5. The zero-order chi connectivity index (χ0) is 18.7. The average molecular weight is 366 g/mol. The largest absolute Gasteiger partial charge is 0.449 e. The van der Waals surface area contributed by atoms with E-state index in [0.29, 0.717) is 43.5 Å². The van der Waals surface area contributed by atoms with Gasteiger partial charge in [-0.2, -0.15) is 0 Å². The van der Waals surface area contributed by atoms with E-state index in [2.05, 4.69) is 17.6 Å². The summed E-state index contributed by atoms with van der Waals surface area (Å²) in [6.45, 7) is 7.98. The maximum absolute atomic E-state index is 12.7. The third-order valence-electron chi connectivity index (χ3n) is 6.28. The summed E-state index contributed by atoms with van der Waals surface area (Å²) in [6.07, 6.45) is 6.86. The molecule has 3 amide bonds. The number of urea groups is 1. The third-order valence-corrected chi connectivity index (χ3v) is 6.28. The van der Waals surface area contributed by atoms with Gasteiger partial charge in [-0.05, 0) is 49.4 Å². The molecule has 2 bridgehead atoms. The monoisotopic (exact) mass is 365 g/mol. The molecule has 148 valence electrons. The van der Waals surface area contributed by atoms with E-state index in [1.165, 1.54) is 32.1 Å². The highest BCUT2D eigenvalue weighted by molar-refractivity contribution is 5.75. The number of alkyl carbamates (subject to hydrolysis) is 1. The van der Waals surface area contributed by atoms with E-state index in [-0.39, 0.29) is 18.2 Å². The van der Waals surface area contributed by atoms with E-state index in [0.717, 1.165) is 12.3 Å². The summed E-state index contributed by atoms with van der Waals surface area (Å²) < 4.78 is 5.17. The predicted molar refractivity (Wildman–Crippen MR) is 101 cm³/mol. The van der Waals surface area contributed by atoms with Crippen LogP contribution < -0.4 is 10.6 Å². The number of fused-ring (bicyclic) bond motifs is 2. The molecule has 3 aliphatic rings. The molecule has 6 nitrogen and oxygen atoms in total. The Morgan fingerprint density at radius 3 is 2.73 bits per heavy atom. The highest BCUT2D eigenvalue weighted by Gasteiger charge is 2.39. The van der Waals surface area contributed by atoms with Crippen LogP contribution in [0.15, 0.2) is 0 Å². The quantitative estimate of drug-likeness (QED) is 0.802. The van der Waals surface area contributed by atoms with E-state index in [9.17, 15) is 9.59 Å². The minimum Gasteiger partial charge on any atom is -0.449 e. The average Bonchev–Trinajstić information content (AvgIpc) is 3.05. The van der Waals surface area contributed by atoms with Crippen molar-refractivity contribution in [2.24, 2.45) is 23.7 Å². The first kappa shape index (κ1) is 19.3. The topological polar surface area (TPSA) is 70.7 Å². The van der Waals surface area contributed by atoms with Crippen LogP contribution in [0.1, 0.15) is 59.3 Å². The van der Waals surface area contributed by atoms with Gasteiger partial charge < -0.3 is 20.3 Å². The van der Waals surface area contributed by atoms with Gasteiger partial charge in [-0.25, -0.2) is 9.59 Å². The van der Waals surface area contributed by atoms with Crippen molar-refractivity contribution in [1.82, 2.24) is 15.5 Å². The molecule has 0 aromatic rings. The van der Waals surface area contributed by atoms with Crippen LogP contribution >= 0.6 is 0 Å². The first-order valence-corrected chi connectivity index (χ1v) is 10.4. The number of likely N-dealkylation sites (tertiary alicyclic amines) is 1. The van der Waals surface area contributed by atoms with Crippen molar-refractivity contribution in [3.63, 3.8) is 0 Å². The lowest BCUT2D eigenvalue weighted by molar-refractivity contribution is 0.0964. The zero-order valence-corrected chi connectivity index (χ0v) is 16.5. The molecule has 5 atom stereocenters. The molecule has 1 heterocycles. The van der Waals surface area contributed by atoms with Crippen LogP contribution in [-0.4, -0.2) is 48.8 Å². The first-order valence-electron chi connectivity index (χ1n) is 10.4. The maximum atomic E-state index is 12.7. The van der Waals surface area contributed by atoms with Crippen molar-refractivity contribution in [2.75, 3.05) is 19.7 Å². The molecule has 1 saturated heterocycles. The van der Waals surface area contributed by atoms with Crippen molar-refractivity contribution in [3.8, 4) is 0 Å². The summed E-state index contributed by atoms with van der Waals surface area (Å²) in [5.74, 6) is 2.40. The highest BCUT2D eigenvalue weighted by Crippen LogP contribution is 2.42. The summed E-state index contributed by atoms with van der Waals surface area (Å²) >= 11 is 0. The van der Waals surface area contributed by atoms with Gasteiger partial charge in [-0.3, -0.25) is 0 Å². The molecule has 0 aromatic heterocycles. The Morgan fingerprint density at radius 2 is 1.96 bits per heavy atom. The molecular formula is C20H35N3O3. The molecule has 0 aromatic carbocycles. The molecular weight excluding hydrogens is 330 g/mol. The number of ether oxygens (including phenoxy) is 1. The molecule has 0 spiro atoms. The van der Waals surface area contributed by atoms with Crippen LogP contribution in [0.3, 0.4) is 0 Å². The second kappa shape index (κ2) is 8.49. The van der Waals surface area contributed by atoms with E-state index in [1.54, 1.807) is 0 Å². The number of hydrogen-bond donors (Lipinski definition) is 2. The molecule has 26 heavy (non-hydrogen) atoms. The van der Waals surface area contributed by atoms with Gasteiger partial charge in [-0.1, -0.05) is 33.6 Å². The van der Waals surface area contributed by atoms with E-state index < -0.39 is 0 Å². The fourth-order valence-corrected chi connectivity index (χ4v) is 5.02. The van der Waals surface area contributed by atoms with Crippen molar-refractivity contribution in [2.45, 2.75) is 71.4 Å². The summed E-state index contributed by atoms with van der Waals surface area (Å²) in [5, 5.41) is 6.21. The van der Waals surface area contributed by atoms with Gasteiger partial charge in [0.2, 0.25) is 0 Å². The minimum absolute atomic E-state index is 0.0109. The molecule has 2 saturated carbocycles. The molecule has 3 rings (SSSR count). The van der Waals surface area contributed by atoms with Crippen LogP contribution in [0.4, 0.5) is 9.59 Å². The van der Waals surface area contributed by atoms with Gasteiger partial charge in [-0.15, -0.1) is 0 Å². The Morgan fingerprint density at radius 1 is 1.15 bits per heavy atom. The van der Waals surface area contributed by atoms with Crippen molar-refractivity contribution >= 4 is 12.1 Å². The fourth-order valence-electron chi connectivity index (χ4n) is 5.02. The lowest BCUT2D eigenvalue weighted by Gasteiger charge is -2.44. The second-order valence-corrected chi connectivity index (χ2v) is 9.05. The van der Waals surface area contributed by atoms with E-state index in [1.807, 2.05) is 18.7 Å². The van der Waals surface area contributed by atoms with Crippen molar-refractivity contribution in [1.29, 1.82) is 0 Å². The van der Waals surface area contributed by atoms with Gasteiger partial charge in [0, 0.05) is 19.1 Å². The first-order chi connectivity index (χ1) is 12.4. The predicted octanol–water partition coefficient (Wildman–Crippen LogP) is 3.37. The Hall–Kier alpha value is -1.46. The Balaban J connectivity index is 1.45. The smallest absolute Gasteiger partial charge is 0.407 e. The Labute approximate surface area is 157 Å². The molecule has 3 fully saturated rings. The van der Waals surface area contributed by atoms with Crippen LogP contribution in [0.2, 0.25) is 0 Å². The van der Waals surface area contributed by atoms with Crippen LogP contribution in [0.5, 0.6) is 0 Å². The molecule has 2 N–H and O–H groups in total. The fraction of sp³-hybridized carbons (Fsp3) is 0.900. The summed E-state index contributed by atoms with van der Waals surface area (Å²) in [7, 11) is 0. The molecule has 1 aliphatic heterocycles. The molecule has 6 heteroatoms. The number of nitrogens with zero attached hydrogens (tertiary/aromatic N) is 1. The van der Waals surface area contributed by atoms with Gasteiger partial charge in [0.1, 0.15) is 0 Å². The van der Waals surface area contributed by atoms with Gasteiger partial charge in [0.15, 0.2) is 0 Å². The lowest BCUT2D eigenvalue weighted by atomic mass is 9.66. The number of carbonyl (C=O) groups excluding carboxylic acids is 2. The van der Waals surface area contributed by atoms with E-state index in [4.69, 9.17) is 4.74 Å². The Bertz CT molecular complexity index is 509. The van der Waals surface area contributed by atoms with Crippen LogP contribution in [0.25, 0.3) is 0 Å². The number of rotatable bonds is 4. The number of hydrogen-bond acceptors (Lipinski definition) is 3. The van der Waals surface area contributed by atoms with Crippen molar-refractivity contribution < 1.29 is 14.3 Å². The van der Waals surface area contributed by atoms with Crippen LogP contribution in [-0.2, 0) is 4.74 Å². The van der Waals surface area contributed by atoms with Crippen LogP contribution in [0, 0.1) is 23.7 Å². The van der Waals surface area contributed by atoms with Crippen molar-refractivity contribution in [3.05, 3.63) is 0 Å². The lowest BCUT2D eigenvalue weighted by Crippen LogP contribution is -2.53. The van der Waals surface area contributed by atoms with Gasteiger partial charge >= 0.3 is 12.1 Å². The molecule has 4 unspecified atom stereocenters. The third kappa shape index (κ3) is 4.83. The maximum Gasteiger partial charge on any atom is 0.407 e. The molecule has 0 radical (unpaired) electrons. The standard InChI is InChI=1S/C20H35N3O3/c1-13(2)12-26-20(25)21-17-7-8-23(11-17)19(24)22-18-14(3)9-15-5-4-6-16(18)10-15/h13-18H,4-12H2,1-3H3,(H,21,25)(H,22,24)/t14?,15?,16?,17-,18?/m1/s1. The zero-order valence-electron chi connectivity index (χ0n) is 16.5. The molecule has 2 aliphatic carbocycles. The summed E-state index contributed by atoms with van der Waals surface area (Å²) in [5.41, 5.74) is 0. The van der Waals surface area contributed by atoms with Gasteiger partial charge in [0.25, 0.3) is 0 Å². The van der Waals surface area contributed by atoms with Gasteiger partial charge in [0.05, 0.1) is 12.6 Å². The number of carbonyl (C=O) groups is 2. The SMILES string of the molecule is CC(C)COC(=O)N[C@@H]1CCN(C(=O)NC2C(C)CC3CCCC2C3)C1. The second-order valence-electron chi connectivity index (χ2n) is 9.05. The van der Waals surface area contributed by atoms with E-state index >= 15 is 0 Å². The number of amides is 3. The Kier molecular flexibility index (Phi) is 6.30. The summed E-state index contributed by atoms with van der Waals surface area (Å²) in [6, 6.07) is 0.330. The number of nitrogens with one attached hydrogen (secondary N) is 2. The normalized spacial score (nSPS) is 33.8. The minimum atomic E-state index is -0.375.